The summed E-state index contributed by atoms with van der Waals surface area (Å²) in [5, 5.41) is 6.81. The molecule has 0 fully saturated rings. The minimum atomic E-state index is -4.53. The fraction of sp³-hybridized carbons (Fsp3) is 0.136. The van der Waals surface area contributed by atoms with Gasteiger partial charge in [0.2, 0.25) is 0 Å². The van der Waals surface area contributed by atoms with Gasteiger partial charge in [-0.25, -0.2) is 0 Å². The number of alkyl halides is 3. The molecule has 0 radical (unpaired) electrons. The van der Waals surface area contributed by atoms with Crippen LogP contribution in [0.3, 0.4) is 0 Å². The van der Waals surface area contributed by atoms with E-state index < -0.39 is 23.2 Å². The number of para-hydroxylation sites is 1. The molecule has 0 saturated carbocycles. The molecule has 0 saturated heterocycles. The normalized spacial score (nSPS) is 11.6. The van der Waals surface area contributed by atoms with Crippen molar-refractivity contribution in [1.29, 1.82) is 0 Å². The van der Waals surface area contributed by atoms with E-state index in [2.05, 4.69) is 10.4 Å². The summed E-state index contributed by atoms with van der Waals surface area (Å²) in [4.78, 5) is 25.9. The van der Waals surface area contributed by atoms with Crippen LogP contribution in [0, 0.1) is 0 Å². The molecular formula is C22H17F3N4O2. The van der Waals surface area contributed by atoms with Gasteiger partial charge < -0.3 is 9.88 Å². The van der Waals surface area contributed by atoms with Gasteiger partial charge in [0.15, 0.2) is 0 Å². The lowest BCUT2D eigenvalue weighted by Gasteiger charge is -2.13. The Balaban J connectivity index is 1.78. The van der Waals surface area contributed by atoms with Crippen LogP contribution < -0.4 is 10.9 Å². The van der Waals surface area contributed by atoms with Crippen LogP contribution >= 0.6 is 0 Å². The first-order valence-corrected chi connectivity index (χ1v) is 9.45. The van der Waals surface area contributed by atoms with Crippen LogP contribution in [0.4, 0.5) is 18.9 Å². The summed E-state index contributed by atoms with van der Waals surface area (Å²) >= 11 is 0. The fourth-order valence-electron chi connectivity index (χ4n) is 3.22. The van der Waals surface area contributed by atoms with Crippen LogP contribution in [0.15, 0.2) is 71.8 Å². The smallest absolute Gasteiger partial charge is 0.353 e. The summed E-state index contributed by atoms with van der Waals surface area (Å²) in [5.74, 6) is -0.662. The number of halogens is 3. The van der Waals surface area contributed by atoms with Crippen LogP contribution in [0.1, 0.15) is 22.8 Å². The van der Waals surface area contributed by atoms with E-state index in [0.29, 0.717) is 12.2 Å². The van der Waals surface area contributed by atoms with Gasteiger partial charge in [-0.2, -0.15) is 23.0 Å². The molecule has 2 aliphatic rings. The van der Waals surface area contributed by atoms with Gasteiger partial charge in [-0.05, 0) is 37.3 Å². The summed E-state index contributed by atoms with van der Waals surface area (Å²) in [5.41, 5.74) is -0.242. The lowest BCUT2D eigenvalue weighted by atomic mass is 10.1. The predicted octanol–water partition coefficient (Wildman–Crippen LogP) is 4.43. The Bertz CT molecular complexity index is 1280. The number of carbonyl (C=O) groups excluding carboxylic acids is 1. The summed E-state index contributed by atoms with van der Waals surface area (Å²) in [7, 11) is 0. The van der Waals surface area contributed by atoms with E-state index in [1.807, 2.05) is 6.92 Å². The highest BCUT2D eigenvalue weighted by molar-refractivity contribution is 6.08. The minimum absolute atomic E-state index is 0.00952. The zero-order valence-corrected chi connectivity index (χ0v) is 16.3. The maximum Gasteiger partial charge on any atom is 0.416 e. The molecule has 2 aromatic carbocycles. The molecule has 6 nitrogen and oxygen atoms in total. The van der Waals surface area contributed by atoms with Crippen LogP contribution in [-0.4, -0.2) is 20.3 Å². The Labute approximate surface area is 174 Å². The third-order valence-electron chi connectivity index (χ3n) is 4.78. The second-order valence-electron chi connectivity index (χ2n) is 6.85. The molecule has 2 heterocycles. The third-order valence-corrected chi connectivity index (χ3v) is 4.78. The van der Waals surface area contributed by atoms with Gasteiger partial charge in [-0.3, -0.25) is 9.59 Å². The van der Waals surface area contributed by atoms with Crippen LogP contribution in [0.25, 0.3) is 16.9 Å². The fourth-order valence-corrected chi connectivity index (χ4v) is 3.22. The molecule has 4 rings (SSSR count). The molecule has 158 valence electrons. The van der Waals surface area contributed by atoms with Crippen LogP contribution in [-0.2, 0) is 12.7 Å². The predicted molar refractivity (Wildman–Crippen MR) is 110 cm³/mol. The monoisotopic (exact) mass is 426 g/mol. The van der Waals surface area contributed by atoms with E-state index >= 15 is 0 Å². The van der Waals surface area contributed by atoms with Crippen molar-refractivity contribution >= 4 is 11.6 Å². The molecule has 1 N–H and O–H groups in total. The molecule has 0 atom stereocenters. The maximum atomic E-state index is 13.0. The number of hydrogen-bond acceptors (Lipinski definition) is 3. The summed E-state index contributed by atoms with van der Waals surface area (Å²) in [6, 6.07) is 13.1. The number of pyridine rings is 1. The van der Waals surface area contributed by atoms with Gasteiger partial charge in [0.1, 0.15) is 5.69 Å². The highest BCUT2D eigenvalue weighted by Gasteiger charge is 2.31. The Hall–Kier alpha value is -3.88. The molecule has 0 aliphatic carbocycles. The highest BCUT2D eigenvalue weighted by Crippen LogP contribution is 2.31. The second-order valence-corrected chi connectivity index (χ2v) is 6.85. The molecule has 1 amide bonds. The van der Waals surface area contributed by atoms with E-state index in [4.69, 9.17) is 0 Å². The average molecular weight is 426 g/mol. The van der Waals surface area contributed by atoms with Crippen LogP contribution in [0.5, 0.6) is 0 Å². The first-order chi connectivity index (χ1) is 14.8. The van der Waals surface area contributed by atoms with Crippen molar-refractivity contribution in [2.24, 2.45) is 0 Å². The third kappa shape index (κ3) is 3.94. The Morgan fingerprint density at radius 3 is 2.48 bits per heavy atom. The van der Waals surface area contributed by atoms with Gasteiger partial charge >= 0.3 is 6.18 Å². The van der Waals surface area contributed by atoms with E-state index in [1.54, 1.807) is 41.1 Å². The van der Waals surface area contributed by atoms with Crippen molar-refractivity contribution in [3.63, 3.8) is 0 Å². The zero-order chi connectivity index (χ0) is 22.2. The van der Waals surface area contributed by atoms with Gasteiger partial charge in [0.05, 0.1) is 22.4 Å². The van der Waals surface area contributed by atoms with Crippen molar-refractivity contribution in [1.82, 2.24) is 14.3 Å². The molecule has 0 bridgehead atoms. The summed E-state index contributed by atoms with van der Waals surface area (Å²) in [6.45, 7) is 2.32. The van der Waals surface area contributed by atoms with Crippen molar-refractivity contribution in [3.05, 3.63) is 88.5 Å². The number of aromatic nitrogens is 3. The highest BCUT2D eigenvalue weighted by atomic mass is 19.4. The number of nitrogens with zero attached hydrogens (tertiary/aromatic N) is 3. The standard InChI is InChI=1S/C22H17F3N4O2/c1-2-28-12-17(20(30)26-15-8-6-7-14(11-15)22(23,24)25)19-18(13-28)21(31)29(27-19)16-9-4-3-5-10-16/h3-13H,2H2,1H3,(H,26,30). The number of benzene rings is 2. The lowest BCUT2D eigenvalue weighted by molar-refractivity contribution is -0.137. The van der Waals surface area contributed by atoms with Gasteiger partial charge in [-0.1, -0.05) is 24.3 Å². The molecule has 0 unspecified atom stereocenters. The summed E-state index contributed by atoms with van der Waals surface area (Å²) in [6.07, 6.45) is -1.41. The SMILES string of the molecule is CCn1cc(C(=O)Nc2cccc(C(F)(F)F)c2)c2nn(-c3ccccc3)c(=O)c-2c1. The Kier molecular flexibility index (Phi) is 5.10. The van der Waals surface area contributed by atoms with Crippen molar-refractivity contribution < 1.29 is 18.0 Å². The van der Waals surface area contributed by atoms with Gasteiger partial charge in [0.25, 0.3) is 11.5 Å². The van der Waals surface area contributed by atoms with Gasteiger partial charge in [0, 0.05) is 24.6 Å². The molecular weight excluding hydrogens is 409 g/mol. The first kappa shape index (κ1) is 20.4. The molecule has 2 aliphatic heterocycles. The Morgan fingerprint density at radius 2 is 1.81 bits per heavy atom. The first-order valence-electron chi connectivity index (χ1n) is 9.45. The molecule has 0 spiro atoms. The number of amides is 1. The number of carbonyl (C=O) groups is 1. The quantitative estimate of drug-likeness (QED) is 0.525. The number of nitrogens with one attached hydrogen (secondary N) is 1. The summed E-state index contributed by atoms with van der Waals surface area (Å²) < 4.78 is 41.8. The average Bonchev–Trinajstić information content (AvgIpc) is 3.09. The van der Waals surface area contributed by atoms with E-state index in [-0.39, 0.29) is 22.5 Å². The number of rotatable bonds is 4. The Morgan fingerprint density at radius 1 is 1.06 bits per heavy atom. The lowest BCUT2D eigenvalue weighted by Crippen LogP contribution is -2.17. The zero-order valence-electron chi connectivity index (χ0n) is 16.3. The number of aryl methyl sites for hydroxylation is 1. The minimum Gasteiger partial charge on any atom is -0.353 e. The van der Waals surface area contributed by atoms with Crippen molar-refractivity contribution in [2.75, 3.05) is 5.32 Å². The van der Waals surface area contributed by atoms with Gasteiger partial charge in [-0.15, -0.1) is 0 Å². The number of anilines is 1. The van der Waals surface area contributed by atoms with E-state index in [0.717, 1.165) is 12.1 Å². The largest absolute Gasteiger partial charge is 0.416 e. The van der Waals surface area contributed by atoms with Crippen molar-refractivity contribution in [3.8, 4) is 16.9 Å². The number of hydrogen-bond donors (Lipinski definition) is 1. The molecule has 31 heavy (non-hydrogen) atoms. The van der Waals surface area contributed by atoms with E-state index in [1.165, 1.54) is 23.0 Å². The van der Waals surface area contributed by atoms with Crippen LogP contribution in [0.2, 0.25) is 0 Å². The number of fused-ring (bicyclic) bond motifs is 1. The molecule has 9 heteroatoms. The van der Waals surface area contributed by atoms with E-state index in [9.17, 15) is 22.8 Å². The molecule has 0 aromatic heterocycles. The molecule has 2 aromatic rings. The maximum absolute atomic E-state index is 13.0. The second kappa shape index (κ2) is 7.75. The topological polar surface area (TPSA) is 68.9 Å². The van der Waals surface area contributed by atoms with Crippen molar-refractivity contribution in [2.45, 2.75) is 19.6 Å².